The maximum atomic E-state index is 11.8. The number of carbonyl (C=O) groups excluding carboxylic acids is 1. The van der Waals surface area contributed by atoms with Crippen LogP contribution in [0, 0.1) is 3.57 Å². The highest BCUT2D eigenvalue weighted by Gasteiger charge is 2.16. The molecule has 0 radical (unpaired) electrons. The minimum Gasteiger partial charge on any atom is -0.462 e. The Bertz CT molecular complexity index is 510. The molecule has 18 heavy (non-hydrogen) atoms. The molecule has 100 valence electrons. The van der Waals surface area contributed by atoms with Crippen molar-refractivity contribution in [1.82, 2.24) is 4.72 Å². The van der Waals surface area contributed by atoms with E-state index < -0.39 is 16.0 Å². The van der Waals surface area contributed by atoms with Crippen LogP contribution in [0.25, 0.3) is 0 Å². The highest BCUT2D eigenvalue weighted by atomic mass is 127. The van der Waals surface area contributed by atoms with E-state index in [-0.39, 0.29) is 17.5 Å². The van der Waals surface area contributed by atoms with Gasteiger partial charge in [-0.3, -0.25) is 4.79 Å². The number of halogens is 1. The van der Waals surface area contributed by atoms with Crippen molar-refractivity contribution in [3.8, 4) is 0 Å². The Labute approximate surface area is 120 Å². The number of hydrogen-bond acceptors (Lipinski definition) is 4. The summed E-state index contributed by atoms with van der Waals surface area (Å²) in [5.41, 5.74) is 0. The quantitative estimate of drug-likeness (QED) is 0.618. The summed E-state index contributed by atoms with van der Waals surface area (Å²) >= 11 is 2.08. The van der Waals surface area contributed by atoms with Gasteiger partial charge < -0.3 is 4.74 Å². The van der Waals surface area contributed by atoms with Crippen LogP contribution in [-0.4, -0.2) is 27.0 Å². The summed E-state index contributed by atoms with van der Waals surface area (Å²) in [6.07, 6.45) is -0.264. The van der Waals surface area contributed by atoms with Gasteiger partial charge in [0.25, 0.3) is 0 Å². The van der Waals surface area contributed by atoms with Gasteiger partial charge in [-0.15, -0.1) is 0 Å². The minimum absolute atomic E-state index is 0.125. The summed E-state index contributed by atoms with van der Waals surface area (Å²) in [4.78, 5) is 11.4. The summed E-state index contributed by atoms with van der Waals surface area (Å²) in [5, 5.41) is 0. The van der Waals surface area contributed by atoms with Crippen LogP contribution in [0.4, 0.5) is 0 Å². The Morgan fingerprint density at radius 1 is 1.33 bits per heavy atom. The van der Waals surface area contributed by atoms with E-state index in [1.54, 1.807) is 26.0 Å². The fraction of sp³-hybridized carbons (Fsp3) is 0.364. The molecule has 0 aliphatic rings. The van der Waals surface area contributed by atoms with E-state index in [0.717, 1.165) is 3.57 Å². The van der Waals surface area contributed by atoms with Crippen molar-refractivity contribution in [2.24, 2.45) is 0 Å². The number of rotatable bonds is 5. The minimum atomic E-state index is -3.66. The Kier molecular flexibility index (Phi) is 5.54. The van der Waals surface area contributed by atoms with Crippen molar-refractivity contribution in [3.63, 3.8) is 0 Å². The highest BCUT2D eigenvalue weighted by Crippen LogP contribution is 2.11. The molecule has 0 unspecified atom stereocenters. The molecule has 0 spiro atoms. The maximum absolute atomic E-state index is 11.8. The third-order valence-electron chi connectivity index (χ3n) is 1.90. The topological polar surface area (TPSA) is 72.5 Å². The van der Waals surface area contributed by atoms with Crippen molar-refractivity contribution in [1.29, 1.82) is 0 Å². The standard InChI is InChI=1S/C11H14INO4S/c1-8(2)17-11(14)7-13-18(15,16)10-5-3-9(12)4-6-10/h3-6,8,13H,7H2,1-2H3. The summed E-state index contributed by atoms with van der Waals surface area (Å²) < 4.78 is 31.6. The molecule has 0 saturated heterocycles. The molecule has 7 heteroatoms. The second kappa shape index (κ2) is 6.48. The van der Waals surface area contributed by atoms with Crippen LogP contribution in [0.3, 0.4) is 0 Å². The molecule has 0 amide bonds. The SMILES string of the molecule is CC(C)OC(=O)CNS(=O)(=O)c1ccc(I)cc1. The van der Waals surface area contributed by atoms with Gasteiger partial charge in [0.05, 0.1) is 11.0 Å². The molecular formula is C11H14INO4S. The zero-order valence-electron chi connectivity index (χ0n) is 10.0. The molecule has 1 N–H and O–H groups in total. The first-order valence-corrected chi connectivity index (χ1v) is 7.82. The van der Waals surface area contributed by atoms with Gasteiger partial charge in [0.1, 0.15) is 6.54 Å². The van der Waals surface area contributed by atoms with Crippen LogP contribution >= 0.6 is 22.6 Å². The lowest BCUT2D eigenvalue weighted by Gasteiger charge is -2.09. The average molecular weight is 383 g/mol. The van der Waals surface area contributed by atoms with Gasteiger partial charge in [-0.05, 0) is 60.7 Å². The second-order valence-corrected chi connectivity index (χ2v) is 6.83. The highest BCUT2D eigenvalue weighted by molar-refractivity contribution is 14.1. The molecule has 0 saturated carbocycles. The van der Waals surface area contributed by atoms with Crippen molar-refractivity contribution in [3.05, 3.63) is 27.8 Å². The molecule has 1 rings (SSSR count). The van der Waals surface area contributed by atoms with Gasteiger partial charge in [0.15, 0.2) is 0 Å². The molecule has 0 aromatic heterocycles. The van der Waals surface area contributed by atoms with E-state index in [4.69, 9.17) is 4.74 Å². The third-order valence-corrected chi connectivity index (χ3v) is 4.03. The molecule has 0 aliphatic carbocycles. The fourth-order valence-corrected chi connectivity index (χ4v) is 2.48. The van der Waals surface area contributed by atoms with E-state index in [1.165, 1.54) is 12.1 Å². The molecule has 0 fully saturated rings. The molecule has 1 aromatic rings. The predicted molar refractivity (Wildman–Crippen MR) is 75.6 cm³/mol. The first-order chi connectivity index (χ1) is 8.31. The number of hydrogen-bond donors (Lipinski definition) is 1. The van der Waals surface area contributed by atoms with Gasteiger partial charge in [0, 0.05) is 3.57 Å². The van der Waals surface area contributed by atoms with Crippen molar-refractivity contribution in [2.45, 2.75) is 24.8 Å². The van der Waals surface area contributed by atoms with E-state index in [9.17, 15) is 13.2 Å². The summed E-state index contributed by atoms with van der Waals surface area (Å²) in [6.45, 7) is 3.03. The molecule has 0 heterocycles. The van der Waals surface area contributed by atoms with Crippen LogP contribution in [-0.2, 0) is 19.6 Å². The zero-order chi connectivity index (χ0) is 13.8. The normalized spacial score (nSPS) is 11.6. The van der Waals surface area contributed by atoms with Gasteiger partial charge in [-0.1, -0.05) is 0 Å². The van der Waals surface area contributed by atoms with E-state index in [0.29, 0.717) is 0 Å². The van der Waals surface area contributed by atoms with Crippen LogP contribution in [0.15, 0.2) is 29.2 Å². The maximum Gasteiger partial charge on any atom is 0.321 e. The van der Waals surface area contributed by atoms with E-state index in [2.05, 4.69) is 27.3 Å². The Balaban J connectivity index is 2.66. The largest absolute Gasteiger partial charge is 0.462 e. The Hall–Kier alpha value is -0.670. The van der Waals surface area contributed by atoms with Gasteiger partial charge in [0.2, 0.25) is 10.0 Å². The second-order valence-electron chi connectivity index (χ2n) is 3.82. The van der Waals surface area contributed by atoms with E-state index in [1.807, 2.05) is 0 Å². The number of esters is 1. The Morgan fingerprint density at radius 3 is 2.39 bits per heavy atom. The monoisotopic (exact) mass is 383 g/mol. The van der Waals surface area contributed by atoms with Gasteiger partial charge in [-0.25, -0.2) is 8.42 Å². The molecule has 5 nitrogen and oxygen atoms in total. The molecular weight excluding hydrogens is 369 g/mol. The van der Waals surface area contributed by atoms with E-state index >= 15 is 0 Å². The van der Waals surface area contributed by atoms with Crippen LogP contribution in [0.2, 0.25) is 0 Å². The first kappa shape index (κ1) is 15.4. The zero-order valence-corrected chi connectivity index (χ0v) is 13.0. The summed E-state index contributed by atoms with van der Waals surface area (Å²) in [6, 6.07) is 6.33. The van der Waals surface area contributed by atoms with Gasteiger partial charge >= 0.3 is 5.97 Å². The molecule has 1 aromatic carbocycles. The molecule has 0 aliphatic heterocycles. The fourth-order valence-electron chi connectivity index (χ4n) is 1.16. The number of nitrogens with one attached hydrogen (secondary N) is 1. The lowest BCUT2D eigenvalue weighted by molar-refractivity contribution is -0.145. The summed E-state index contributed by atoms with van der Waals surface area (Å²) in [7, 11) is -3.66. The first-order valence-electron chi connectivity index (χ1n) is 5.26. The number of benzene rings is 1. The van der Waals surface area contributed by atoms with Crippen LogP contribution in [0.5, 0.6) is 0 Å². The van der Waals surface area contributed by atoms with Crippen molar-refractivity contribution < 1.29 is 17.9 Å². The number of sulfonamides is 1. The predicted octanol–water partition coefficient (Wildman–Crippen LogP) is 1.52. The van der Waals surface area contributed by atoms with Crippen molar-refractivity contribution in [2.75, 3.05) is 6.54 Å². The van der Waals surface area contributed by atoms with Crippen molar-refractivity contribution >= 4 is 38.6 Å². The number of carbonyl (C=O) groups is 1. The lowest BCUT2D eigenvalue weighted by atomic mass is 10.4. The summed E-state index contributed by atoms with van der Waals surface area (Å²) in [5.74, 6) is -0.598. The average Bonchev–Trinajstić information content (AvgIpc) is 2.26. The van der Waals surface area contributed by atoms with Gasteiger partial charge in [-0.2, -0.15) is 4.72 Å². The lowest BCUT2D eigenvalue weighted by Crippen LogP contribution is -2.31. The molecule has 0 atom stereocenters. The van der Waals surface area contributed by atoms with Crippen LogP contribution < -0.4 is 4.72 Å². The smallest absolute Gasteiger partial charge is 0.321 e. The molecule has 0 bridgehead atoms. The van der Waals surface area contributed by atoms with Crippen LogP contribution in [0.1, 0.15) is 13.8 Å². The Morgan fingerprint density at radius 2 is 1.89 bits per heavy atom. The third kappa shape index (κ3) is 4.91. The number of ether oxygens (including phenoxy) is 1.